The average Bonchev–Trinajstić information content (AvgIpc) is 2.72. The number of nitrogens with one attached hydrogen (secondary N) is 1. The Kier molecular flexibility index (Phi) is 5.45. The van der Waals surface area contributed by atoms with E-state index < -0.39 is 0 Å². The van der Waals surface area contributed by atoms with Gasteiger partial charge in [0.1, 0.15) is 12.4 Å². The van der Waals surface area contributed by atoms with E-state index in [1.54, 1.807) is 14.1 Å². The number of carbonyl (C=O) groups is 1. The minimum absolute atomic E-state index is 0.130. The molecule has 0 saturated carbocycles. The molecule has 0 unspecified atom stereocenters. The van der Waals surface area contributed by atoms with Crippen LogP contribution in [-0.2, 0) is 9.31 Å². The summed E-state index contributed by atoms with van der Waals surface area (Å²) in [4.78, 5) is 12.9. The minimum Gasteiger partial charge on any atom is -0.492 e. The largest absolute Gasteiger partial charge is 0.494 e. The van der Waals surface area contributed by atoms with Crippen LogP contribution in [0.5, 0.6) is 5.75 Å². The standard InChI is InChI=1S/C17H27BN2O4/c1-16(2)17(3,4)24-18(23-16)13-7-9-14(10-8-13)22-12-11-19-15(21)20(5)6/h7-10H,11-12H2,1-6H3,(H,19,21). The highest BCUT2D eigenvalue weighted by molar-refractivity contribution is 6.62. The van der Waals surface area contributed by atoms with E-state index in [-0.39, 0.29) is 24.4 Å². The number of urea groups is 1. The lowest BCUT2D eigenvalue weighted by Gasteiger charge is -2.32. The number of hydrogen-bond donors (Lipinski definition) is 1. The molecule has 1 saturated heterocycles. The molecule has 1 aromatic rings. The average molecular weight is 334 g/mol. The van der Waals surface area contributed by atoms with Gasteiger partial charge in [-0.3, -0.25) is 0 Å². The van der Waals surface area contributed by atoms with Crippen LogP contribution in [0.4, 0.5) is 4.79 Å². The van der Waals surface area contributed by atoms with Crippen molar-refractivity contribution >= 4 is 18.6 Å². The second-order valence-corrected chi connectivity index (χ2v) is 7.13. The number of rotatable bonds is 5. The summed E-state index contributed by atoms with van der Waals surface area (Å²) < 4.78 is 17.7. The van der Waals surface area contributed by atoms with Gasteiger partial charge in [-0.05, 0) is 45.3 Å². The summed E-state index contributed by atoms with van der Waals surface area (Å²) in [6, 6.07) is 7.52. The molecular formula is C17H27BN2O4. The van der Waals surface area contributed by atoms with Crippen molar-refractivity contribution in [3.8, 4) is 5.75 Å². The number of hydrogen-bond acceptors (Lipinski definition) is 4. The van der Waals surface area contributed by atoms with Crippen LogP contribution >= 0.6 is 0 Å². The molecule has 7 heteroatoms. The summed E-state index contributed by atoms with van der Waals surface area (Å²) in [7, 11) is 3.03. The molecule has 1 heterocycles. The molecule has 2 amide bonds. The van der Waals surface area contributed by atoms with Gasteiger partial charge in [-0.25, -0.2) is 4.79 Å². The van der Waals surface area contributed by atoms with Gasteiger partial charge in [0.2, 0.25) is 0 Å². The molecule has 0 aromatic heterocycles. The maximum Gasteiger partial charge on any atom is 0.494 e. The lowest BCUT2D eigenvalue weighted by molar-refractivity contribution is 0.00578. The van der Waals surface area contributed by atoms with Crippen LogP contribution in [0.1, 0.15) is 27.7 Å². The Morgan fingerprint density at radius 1 is 1.12 bits per heavy atom. The molecule has 1 aromatic carbocycles. The SMILES string of the molecule is CN(C)C(=O)NCCOc1ccc(B2OC(C)(C)C(C)(C)O2)cc1. The molecular weight excluding hydrogens is 307 g/mol. The van der Waals surface area contributed by atoms with E-state index in [1.165, 1.54) is 4.90 Å². The maximum absolute atomic E-state index is 11.4. The van der Waals surface area contributed by atoms with E-state index in [0.29, 0.717) is 13.2 Å². The number of amides is 2. The normalized spacial score (nSPS) is 18.3. The predicted molar refractivity (Wildman–Crippen MR) is 94.7 cm³/mol. The van der Waals surface area contributed by atoms with Crippen LogP contribution in [0.25, 0.3) is 0 Å². The molecule has 0 aliphatic carbocycles. The van der Waals surface area contributed by atoms with Crippen LogP contribution in [0.2, 0.25) is 0 Å². The summed E-state index contributed by atoms with van der Waals surface area (Å²) in [5.74, 6) is 0.745. The molecule has 2 rings (SSSR count). The Labute approximate surface area is 144 Å². The van der Waals surface area contributed by atoms with Crippen molar-refractivity contribution in [1.29, 1.82) is 0 Å². The Hall–Kier alpha value is -1.73. The van der Waals surface area contributed by atoms with Crippen molar-refractivity contribution < 1.29 is 18.8 Å². The van der Waals surface area contributed by atoms with Crippen LogP contribution < -0.4 is 15.5 Å². The van der Waals surface area contributed by atoms with Gasteiger partial charge >= 0.3 is 13.1 Å². The second-order valence-electron chi connectivity index (χ2n) is 7.13. The van der Waals surface area contributed by atoms with Gasteiger partial charge in [0.15, 0.2) is 0 Å². The van der Waals surface area contributed by atoms with E-state index in [1.807, 2.05) is 52.0 Å². The first kappa shape index (κ1) is 18.6. The van der Waals surface area contributed by atoms with E-state index in [9.17, 15) is 4.79 Å². The monoisotopic (exact) mass is 334 g/mol. The van der Waals surface area contributed by atoms with Crippen molar-refractivity contribution in [3.05, 3.63) is 24.3 Å². The molecule has 0 spiro atoms. The highest BCUT2D eigenvalue weighted by atomic mass is 16.7. The second kappa shape index (κ2) is 7.03. The van der Waals surface area contributed by atoms with E-state index in [4.69, 9.17) is 14.0 Å². The Morgan fingerprint density at radius 2 is 1.67 bits per heavy atom. The van der Waals surface area contributed by atoms with Crippen LogP contribution in [0.15, 0.2) is 24.3 Å². The van der Waals surface area contributed by atoms with Gasteiger partial charge in [-0.15, -0.1) is 0 Å². The zero-order chi connectivity index (χ0) is 18.0. The van der Waals surface area contributed by atoms with Crippen molar-refractivity contribution in [2.75, 3.05) is 27.2 Å². The molecule has 132 valence electrons. The molecule has 0 bridgehead atoms. The van der Waals surface area contributed by atoms with Crippen LogP contribution in [-0.4, -0.2) is 56.5 Å². The van der Waals surface area contributed by atoms with E-state index >= 15 is 0 Å². The van der Waals surface area contributed by atoms with Crippen molar-refractivity contribution in [2.45, 2.75) is 38.9 Å². The molecule has 1 aliphatic heterocycles. The van der Waals surface area contributed by atoms with Crippen molar-refractivity contribution in [3.63, 3.8) is 0 Å². The van der Waals surface area contributed by atoms with Gasteiger partial charge in [-0.1, -0.05) is 12.1 Å². The fraction of sp³-hybridized carbons (Fsp3) is 0.588. The number of nitrogens with zero attached hydrogens (tertiary/aromatic N) is 1. The fourth-order valence-electron chi connectivity index (χ4n) is 2.19. The molecule has 1 aliphatic rings. The third kappa shape index (κ3) is 4.21. The Bertz CT molecular complexity index is 556. The molecule has 24 heavy (non-hydrogen) atoms. The molecule has 1 fully saturated rings. The van der Waals surface area contributed by atoms with Gasteiger partial charge in [0, 0.05) is 14.1 Å². The van der Waals surface area contributed by atoms with Gasteiger partial charge in [0.25, 0.3) is 0 Å². The third-order valence-corrected chi connectivity index (χ3v) is 4.46. The number of benzene rings is 1. The summed E-state index contributed by atoms with van der Waals surface area (Å²) >= 11 is 0. The summed E-state index contributed by atoms with van der Waals surface area (Å²) in [5, 5.41) is 2.75. The summed E-state index contributed by atoms with van der Waals surface area (Å²) in [5.41, 5.74) is 0.261. The van der Waals surface area contributed by atoms with Crippen LogP contribution in [0.3, 0.4) is 0 Å². The topological polar surface area (TPSA) is 60.0 Å². The predicted octanol–water partition coefficient (Wildman–Crippen LogP) is 1.64. The zero-order valence-corrected chi connectivity index (χ0v) is 15.4. The molecule has 0 atom stereocenters. The van der Waals surface area contributed by atoms with Gasteiger partial charge in [-0.2, -0.15) is 0 Å². The van der Waals surface area contributed by atoms with E-state index in [0.717, 1.165) is 11.2 Å². The first-order valence-electron chi connectivity index (χ1n) is 8.16. The van der Waals surface area contributed by atoms with Crippen molar-refractivity contribution in [1.82, 2.24) is 10.2 Å². The summed E-state index contributed by atoms with van der Waals surface area (Å²) in [6.07, 6.45) is 0. The minimum atomic E-state index is -0.372. The lowest BCUT2D eigenvalue weighted by Crippen LogP contribution is -2.41. The molecule has 6 nitrogen and oxygen atoms in total. The molecule has 0 radical (unpaired) electrons. The molecule has 1 N–H and O–H groups in total. The Morgan fingerprint density at radius 3 is 2.17 bits per heavy atom. The zero-order valence-electron chi connectivity index (χ0n) is 15.4. The first-order chi connectivity index (χ1) is 11.1. The first-order valence-corrected chi connectivity index (χ1v) is 8.16. The summed E-state index contributed by atoms with van der Waals surface area (Å²) in [6.45, 7) is 9.00. The highest BCUT2D eigenvalue weighted by Crippen LogP contribution is 2.36. The van der Waals surface area contributed by atoms with Crippen molar-refractivity contribution in [2.24, 2.45) is 0 Å². The van der Waals surface area contributed by atoms with Crippen LogP contribution in [0, 0.1) is 0 Å². The maximum atomic E-state index is 11.4. The highest BCUT2D eigenvalue weighted by Gasteiger charge is 2.51. The smallest absolute Gasteiger partial charge is 0.492 e. The third-order valence-electron chi connectivity index (χ3n) is 4.46. The quantitative estimate of drug-likeness (QED) is 0.657. The number of carbonyl (C=O) groups excluding carboxylic acids is 1. The number of ether oxygens (including phenoxy) is 1. The fourth-order valence-corrected chi connectivity index (χ4v) is 2.19. The van der Waals surface area contributed by atoms with Gasteiger partial charge < -0.3 is 24.3 Å². The van der Waals surface area contributed by atoms with E-state index in [2.05, 4.69) is 5.32 Å². The lowest BCUT2D eigenvalue weighted by atomic mass is 9.79. The Balaban J connectivity index is 1.85. The van der Waals surface area contributed by atoms with Gasteiger partial charge in [0.05, 0.1) is 17.7 Å².